The maximum absolute atomic E-state index is 5.92. The van der Waals surface area contributed by atoms with Crippen molar-refractivity contribution in [1.82, 2.24) is 9.97 Å². The van der Waals surface area contributed by atoms with Crippen molar-refractivity contribution in [1.29, 1.82) is 0 Å². The fraction of sp³-hybridized carbons (Fsp3) is 0.500. The number of benzene rings is 1. The molecule has 0 unspecified atom stereocenters. The molecule has 0 radical (unpaired) electrons. The second-order valence-corrected chi connectivity index (χ2v) is 6.97. The maximum atomic E-state index is 5.92. The van der Waals surface area contributed by atoms with E-state index < -0.39 is 0 Å². The molecule has 0 bridgehead atoms. The first-order chi connectivity index (χ1) is 12.1. The minimum atomic E-state index is 0.316. The topological polar surface area (TPSA) is 73.1 Å². The van der Waals surface area contributed by atoms with Crippen molar-refractivity contribution in [2.45, 2.75) is 51.2 Å². The van der Waals surface area contributed by atoms with E-state index in [0.29, 0.717) is 18.6 Å². The lowest BCUT2D eigenvalue weighted by molar-refractivity contribution is 0.177. The molecule has 0 saturated heterocycles. The van der Waals surface area contributed by atoms with Gasteiger partial charge in [0, 0.05) is 37.4 Å². The molecule has 1 aromatic heterocycles. The van der Waals surface area contributed by atoms with Crippen molar-refractivity contribution in [3.05, 3.63) is 53.0 Å². The molecule has 3 N–H and O–H groups in total. The molecule has 25 heavy (non-hydrogen) atoms. The third kappa shape index (κ3) is 5.00. The summed E-state index contributed by atoms with van der Waals surface area (Å²) in [5, 5.41) is 3.44. The van der Waals surface area contributed by atoms with Gasteiger partial charge in [-0.2, -0.15) is 0 Å². The van der Waals surface area contributed by atoms with E-state index in [0.717, 1.165) is 49.6 Å². The van der Waals surface area contributed by atoms with E-state index in [1.165, 1.54) is 11.1 Å². The van der Waals surface area contributed by atoms with Crippen LogP contribution in [0.4, 0.5) is 5.82 Å². The minimum absolute atomic E-state index is 0.316. The van der Waals surface area contributed by atoms with Gasteiger partial charge in [-0.15, -0.1) is 0 Å². The monoisotopic (exact) mass is 340 g/mol. The number of hydrogen-bond acceptors (Lipinski definition) is 5. The molecule has 134 valence electrons. The molecule has 1 heterocycles. The quantitative estimate of drug-likeness (QED) is 0.722. The molecule has 5 nitrogen and oxygen atoms in total. The molecule has 0 amide bonds. The van der Waals surface area contributed by atoms with E-state index in [-0.39, 0.29) is 0 Å². The van der Waals surface area contributed by atoms with Crippen molar-refractivity contribution < 1.29 is 4.74 Å². The van der Waals surface area contributed by atoms with Gasteiger partial charge in [-0.1, -0.05) is 29.8 Å². The number of nitrogens with two attached hydrogens (primary N) is 1. The molecule has 1 saturated carbocycles. The maximum Gasteiger partial charge on any atom is 0.156 e. The number of aryl methyl sites for hydroxylation is 2. The summed E-state index contributed by atoms with van der Waals surface area (Å²) in [6, 6.07) is 11.1. The molecule has 1 fully saturated rings. The van der Waals surface area contributed by atoms with Crippen LogP contribution < -0.4 is 11.1 Å². The molecule has 1 aromatic carbocycles. The molecular weight excluding hydrogens is 312 g/mol. The van der Waals surface area contributed by atoms with E-state index in [4.69, 9.17) is 10.5 Å². The molecule has 0 spiro atoms. The SMILES string of the molecule is COCc1nc(NCCCc2ccc(C)cc2)cc(C2CC(N)C2)n1. The standard InChI is InChI=1S/C20H28N4O/c1-14-5-7-15(8-6-14)4-3-9-22-19-12-18(16-10-17(21)11-16)23-20(24-19)13-25-2/h5-8,12,16-17H,3-4,9-11,13,21H2,1-2H3,(H,22,23,24). The van der Waals surface area contributed by atoms with Crippen LogP contribution in [-0.4, -0.2) is 29.7 Å². The predicted octanol–water partition coefficient (Wildman–Crippen LogP) is 3.18. The normalized spacial score (nSPS) is 19.5. The van der Waals surface area contributed by atoms with Crippen LogP contribution in [0.15, 0.2) is 30.3 Å². The van der Waals surface area contributed by atoms with Crippen molar-refractivity contribution in [2.75, 3.05) is 19.0 Å². The van der Waals surface area contributed by atoms with Gasteiger partial charge in [0.1, 0.15) is 12.4 Å². The van der Waals surface area contributed by atoms with Gasteiger partial charge in [0.15, 0.2) is 5.82 Å². The number of methoxy groups -OCH3 is 1. The Balaban J connectivity index is 1.56. The van der Waals surface area contributed by atoms with Crippen LogP contribution in [0.25, 0.3) is 0 Å². The van der Waals surface area contributed by atoms with Crippen molar-refractivity contribution in [3.8, 4) is 0 Å². The Labute approximate surface area is 150 Å². The molecular formula is C20H28N4O. The van der Waals surface area contributed by atoms with Gasteiger partial charge >= 0.3 is 0 Å². The lowest BCUT2D eigenvalue weighted by Crippen LogP contribution is -2.35. The smallest absolute Gasteiger partial charge is 0.156 e. The Hall–Kier alpha value is -1.98. The van der Waals surface area contributed by atoms with Crippen LogP contribution in [0, 0.1) is 6.92 Å². The van der Waals surface area contributed by atoms with Crippen LogP contribution in [0.1, 0.15) is 47.8 Å². The summed E-state index contributed by atoms with van der Waals surface area (Å²) in [5.41, 5.74) is 9.68. The van der Waals surface area contributed by atoms with Crippen molar-refractivity contribution in [3.63, 3.8) is 0 Å². The van der Waals surface area contributed by atoms with Crippen LogP contribution in [-0.2, 0) is 17.8 Å². The van der Waals surface area contributed by atoms with Gasteiger partial charge in [0.05, 0.1) is 0 Å². The number of anilines is 1. The highest BCUT2D eigenvalue weighted by atomic mass is 16.5. The number of nitrogens with zero attached hydrogens (tertiary/aromatic N) is 2. The largest absolute Gasteiger partial charge is 0.377 e. The Morgan fingerprint density at radius 1 is 1.20 bits per heavy atom. The van der Waals surface area contributed by atoms with E-state index in [1.807, 2.05) is 0 Å². The number of hydrogen-bond donors (Lipinski definition) is 2. The second kappa shape index (κ2) is 8.41. The molecule has 1 aliphatic carbocycles. The number of nitrogens with one attached hydrogen (secondary N) is 1. The zero-order valence-corrected chi connectivity index (χ0v) is 15.2. The van der Waals surface area contributed by atoms with E-state index in [2.05, 4.69) is 52.5 Å². The average Bonchev–Trinajstić information content (AvgIpc) is 2.58. The summed E-state index contributed by atoms with van der Waals surface area (Å²) >= 11 is 0. The summed E-state index contributed by atoms with van der Waals surface area (Å²) in [4.78, 5) is 9.19. The Kier molecular flexibility index (Phi) is 6.00. The summed E-state index contributed by atoms with van der Waals surface area (Å²) in [6.45, 7) is 3.44. The van der Waals surface area contributed by atoms with Crippen molar-refractivity contribution in [2.24, 2.45) is 5.73 Å². The lowest BCUT2D eigenvalue weighted by Gasteiger charge is -2.32. The van der Waals surface area contributed by atoms with Gasteiger partial charge in [-0.25, -0.2) is 9.97 Å². The first-order valence-electron chi connectivity index (χ1n) is 9.06. The molecule has 2 aromatic rings. The second-order valence-electron chi connectivity index (χ2n) is 6.97. The van der Waals surface area contributed by atoms with Crippen LogP contribution in [0.5, 0.6) is 0 Å². The third-order valence-electron chi connectivity index (χ3n) is 4.73. The number of aromatic nitrogens is 2. The van der Waals surface area contributed by atoms with Crippen LogP contribution >= 0.6 is 0 Å². The van der Waals surface area contributed by atoms with Crippen LogP contribution in [0.3, 0.4) is 0 Å². The van der Waals surface area contributed by atoms with E-state index >= 15 is 0 Å². The zero-order valence-electron chi connectivity index (χ0n) is 15.2. The van der Waals surface area contributed by atoms with E-state index in [9.17, 15) is 0 Å². The van der Waals surface area contributed by atoms with Gasteiger partial charge in [-0.3, -0.25) is 0 Å². The fourth-order valence-corrected chi connectivity index (χ4v) is 3.18. The molecule has 3 rings (SSSR count). The lowest BCUT2D eigenvalue weighted by atomic mass is 9.78. The van der Waals surface area contributed by atoms with Crippen molar-refractivity contribution >= 4 is 5.82 Å². The van der Waals surface area contributed by atoms with Crippen LogP contribution in [0.2, 0.25) is 0 Å². The minimum Gasteiger partial charge on any atom is -0.377 e. The Bertz CT molecular complexity index is 681. The predicted molar refractivity (Wildman–Crippen MR) is 101 cm³/mol. The Morgan fingerprint density at radius 3 is 2.64 bits per heavy atom. The first-order valence-corrected chi connectivity index (χ1v) is 9.06. The van der Waals surface area contributed by atoms with Gasteiger partial charge in [-0.05, 0) is 38.2 Å². The summed E-state index contributed by atoms with van der Waals surface area (Å²) < 4.78 is 5.21. The molecule has 1 aliphatic rings. The van der Waals surface area contributed by atoms with Gasteiger partial charge in [0.25, 0.3) is 0 Å². The molecule has 0 aliphatic heterocycles. The fourth-order valence-electron chi connectivity index (χ4n) is 3.18. The zero-order chi connectivity index (χ0) is 17.6. The highest BCUT2D eigenvalue weighted by Gasteiger charge is 2.29. The molecule has 0 atom stereocenters. The highest BCUT2D eigenvalue weighted by Crippen LogP contribution is 2.35. The average molecular weight is 340 g/mol. The number of ether oxygens (including phenoxy) is 1. The van der Waals surface area contributed by atoms with E-state index in [1.54, 1.807) is 7.11 Å². The summed E-state index contributed by atoms with van der Waals surface area (Å²) in [7, 11) is 1.67. The Morgan fingerprint density at radius 2 is 1.96 bits per heavy atom. The first kappa shape index (κ1) is 17.8. The number of rotatable bonds is 8. The molecule has 5 heteroatoms. The van der Waals surface area contributed by atoms with Gasteiger partial charge in [0.2, 0.25) is 0 Å². The summed E-state index contributed by atoms with van der Waals surface area (Å²) in [5.74, 6) is 2.09. The van der Waals surface area contributed by atoms with Gasteiger partial charge < -0.3 is 15.8 Å². The highest BCUT2D eigenvalue weighted by molar-refractivity contribution is 5.38. The summed E-state index contributed by atoms with van der Waals surface area (Å²) in [6.07, 6.45) is 4.15. The third-order valence-corrected chi connectivity index (χ3v) is 4.73.